The van der Waals surface area contributed by atoms with Crippen molar-refractivity contribution in [2.75, 3.05) is 4.90 Å². The SMILES string of the molecule is C[C@H]1Cc2cc(S(=O)(=O)NCc3ccco3)ccc2N1C(=O)C1CC1. The van der Waals surface area contributed by atoms with Gasteiger partial charge in [0, 0.05) is 17.6 Å². The minimum atomic E-state index is -3.63. The summed E-state index contributed by atoms with van der Waals surface area (Å²) in [5.41, 5.74) is 1.75. The molecule has 2 aromatic rings. The van der Waals surface area contributed by atoms with Gasteiger partial charge in [-0.05, 0) is 62.1 Å². The van der Waals surface area contributed by atoms with E-state index in [2.05, 4.69) is 4.72 Å². The van der Waals surface area contributed by atoms with Gasteiger partial charge in [0.05, 0.1) is 17.7 Å². The molecule has 1 aromatic carbocycles. The molecule has 1 aromatic heterocycles. The van der Waals surface area contributed by atoms with Crippen molar-refractivity contribution < 1.29 is 17.6 Å². The monoisotopic (exact) mass is 360 g/mol. The third-order valence-electron chi connectivity index (χ3n) is 4.76. The predicted molar refractivity (Wildman–Crippen MR) is 92.6 cm³/mol. The minimum Gasteiger partial charge on any atom is -0.468 e. The molecule has 0 saturated heterocycles. The lowest BCUT2D eigenvalue weighted by atomic mass is 10.1. The molecule has 2 heterocycles. The number of amides is 1. The molecule has 6 nitrogen and oxygen atoms in total. The summed E-state index contributed by atoms with van der Waals surface area (Å²) in [5.74, 6) is 0.865. The molecule has 4 rings (SSSR count). The van der Waals surface area contributed by atoms with Crippen molar-refractivity contribution in [1.29, 1.82) is 0 Å². The van der Waals surface area contributed by atoms with Crippen molar-refractivity contribution >= 4 is 21.6 Å². The smallest absolute Gasteiger partial charge is 0.240 e. The van der Waals surface area contributed by atoms with Crippen LogP contribution in [-0.2, 0) is 27.8 Å². The Hall–Kier alpha value is -2.12. The van der Waals surface area contributed by atoms with Crippen LogP contribution in [0.4, 0.5) is 5.69 Å². The largest absolute Gasteiger partial charge is 0.468 e. The average Bonchev–Trinajstić information content (AvgIpc) is 3.19. The zero-order valence-electron chi connectivity index (χ0n) is 13.9. The van der Waals surface area contributed by atoms with Crippen LogP contribution in [-0.4, -0.2) is 20.4 Å². The molecule has 1 amide bonds. The van der Waals surface area contributed by atoms with E-state index in [-0.39, 0.29) is 29.3 Å². The zero-order valence-corrected chi connectivity index (χ0v) is 14.8. The van der Waals surface area contributed by atoms with Crippen molar-refractivity contribution in [1.82, 2.24) is 4.72 Å². The van der Waals surface area contributed by atoms with Crippen molar-refractivity contribution in [3.63, 3.8) is 0 Å². The first kappa shape index (κ1) is 16.4. The van der Waals surface area contributed by atoms with Gasteiger partial charge in [-0.3, -0.25) is 4.79 Å². The number of furan rings is 1. The molecular weight excluding hydrogens is 340 g/mol. The lowest BCUT2D eigenvalue weighted by molar-refractivity contribution is -0.120. The number of rotatable bonds is 5. The number of anilines is 1. The van der Waals surface area contributed by atoms with Crippen molar-refractivity contribution in [3.05, 3.63) is 47.9 Å². The van der Waals surface area contributed by atoms with E-state index in [4.69, 9.17) is 4.42 Å². The topological polar surface area (TPSA) is 79.6 Å². The van der Waals surface area contributed by atoms with Crippen molar-refractivity contribution in [3.8, 4) is 0 Å². The van der Waals surface area contributed by atoms with Gasteiger partial charge in [-0.1, -0.05) is 0 Å². The summed E-state index contributed by atoms with van der Waals surface area (Å²) in [6.45, 7) is 2.11. The molecule has 0 bridgehead atoms. The van der Waals surface area contributed by atoms with E-state index < -0.39 is 10.0 Å². The van der Waals surface area contributed by atoms with Crippen LogP contribution in [0.3, 0.4) is 0 Å². The fraction of sp³-hybridized carbons (Fsp3) is 0.389. The van der Waals surface area contributed by atoms with E-state index in [9.17, 15) is 13.2 Å². The Morgan fingerprint density at radius 2 is 2.12 bits per heavy atom. The summed E-state index contributed by atoms with van der Waals surface area (Å²) in [6, 6.07) is 8.49. The standard InChI is InChI=1S/C18H20N2O4S/c1-12-9-14-10-16(25(22,23)19-11-15-3-2-8-24-15)6-7-17(14)20(12)18(21)13-4-5-13/h2-3,6-8,10,12-13,19H,4-5,9,11H2,1H3/t12-/m0/s1. The summed E-state index contributed by atoms with van der Waals surface area (Å²) in [4.78, 5) is 14.5. The molecular formula is C18H20N2O4S. The lowest BCUT2D eigenvalue weighted by Crippen LogP contribution is -2.36. The Kier molecular flexibility index (Phi) is 3.92. The van der Waals surface area contributed by atoms with Crippen LogP contribution in [0.25, 0.3) is 0 Å². The number of nitrogens with one attached hydrogen (secondary N) is 1. The van der Waals surface area contributed by atoms with E-state index in [0.29, 0.717) is 12.2 Å². The predicted octanol–water partition coefficient (Wildman–Crippen LogP) is 2.45. The van der Waals surface area contributed by atoms with Gasteiger partial charge in [0.25, 0.3) is 0 Å². The Morgan fingerprint density at radius 1 is 1.32 bits per heavy atom. The van der Waals surface area contributed by atoms with Crippen LogP contribution < -0.4 is 9.62 Å². The van der Waals surface area contributed by atoms with Gasteiger partial charge in [-0.2, -0.15) is 0 Å². The van der Waals surface area contributed by atoms with Gasteiger partial charge in [-0.25, -0.2) is 13.1 Å². The highest BCUT2D eigenvalue weighted by molar-refractivity contribution is 7.89. The van der Waals surface area contributed by atoms with Crippen LogP contribution in [0.15, 0.2) is 45.9 Å². The van der Waals surface area contributed by atoms with Gasteiger partial charge in [0.1, 0.15) is 5.76 Å². The molecule has 25 heavy (non-hydrogen) atoms. The Morgan fingerprint density at radius 3 is 2.80 bits per heavy atom. The molecule has 1 aliphatic heterocycles. The summed E-state index contributed by atoms with van der Waals surface area (Å²) in [5, 5.41) is 0. The first-order valence-electron chi connectivity index (χ1n) is 8.44. The summed E-state index contributed by atoms with van der Waals surface area (Å²) in [6.07, 6.45) is 4.10. The van der Waals surface area contributed by atoms with E-state index in [1.54, 1.807) is 30.3 Å². The Bertz CT molecular complexity index is 901. The number of carbonyl (C=O) groups excluding carboxylic acids is 1. The maximum Gasteiger partial charge on any atom is 0.240 e. The third-order valence-corrected chi connectivity index (χ3v) is 6.16. The first-order valence-corrected chi connectivity index (χ1v) is 9.92. The van der Waals surface area contributed by atoms with E-state index in [1.807, 2.05) is 11.8 Å². The van der Waals surface area contributed by atoms with E-state index >= 15 is 0 Å². The molecule has 132 valence electrons. The quantitative estimate of drug-likeness (QED) is 0.888. The number of benzene rings is 1. The molecule has 1 atom stereocenters. The second kappa shape index (κ2) is 6.00. The van der Waals surface area contributed by atoms with Gasteiger partial charge in [0.15, 0.2) is 0 Å². The number of fused-ring (bicyclic) bond motifs is 1. The highest BCUT2D eigenvalue weighted by Crippen LogP contribution is 2.39. The molecule has 0 radical (unpaired) electrons. The molecule has 1 N–H and O–H groups in total. The molecule has 1 aliphatic carbocycles. The van der Waals surface area contributed by atoms with Crippen LogP contribution in [0, 0.1) is 5.92 Å². The number of hydrogen-bond acceptors (Lipinski definition) is 4. The highest BCUT2D eigenvalue weighted by atomic mass is 32.2. The number of nitrogens with zero attached hydrogens (tertiary/aromatic N) is 1. The number of carbonyl (C=O) groups is 1. The molecule has 0 spiro atoms. The van der Waals surface area contributed by atoms with Crippen LogP contribution >= 0.6 is 0 Å². The van der Waals surface area contributed by atoms with Crippen molar-refractivity contribution in [2.24, 2.45) is 5.92 Å². The summed E-state index contributed by atoms with van der Waals surface area (Å²) < 4.78 is 32.7. The van der Waals surface area contributed by atoms with Crippen LogP contribution in [0.1, 0.15) is 31.1 Å². The average molecular weight is 360 g/mol. The Labute approximate surface area is 146 Å². The van der Waals surface area contributed by atoms with Crippen LogP contribution in [0.5, 0.6) is 0 Å². The molecule has 1 saturated carbocycles. The van der Waals surface area contributed by atoms with Crippen LogP contribution in [0.2, 0.25) is 0 Å². The zero-order chi connectivity index (χ0) is 17.6. The number of sulfonamides is 1. The second-order valence-electron chi connectivity index (χ2n) is 6.73. The van der Waals surface area contributed by atoms with Gasteiger partial charge < -0.3 is 9.32 Å². The Balaban J connectivity index is 1.57. The molecule has 2 aliphatic rings. The maximum atomic E-state index is 12.5. The van der Waals surface area contributed by atoms with Gasteiger partial charge in [-0.15, -0.1) is 0 Å². The fourth-order valence-corrected chi connectivity index (χ4v) is 4.34. The van der Waals surface area contributed by atoms with Crippen molar-refractivity contribution in [2.45, 2.75) is 43.7 Å². The first-order chi connectivity index (χ1) is 12.0. The third kappa shape index (κ3) is 3.09. The summed E-state index contributed by atoms with van der Waals surface area (Å²) >= 11 is 0. The maximum absolute atomic E-state index is 12.5. The van der Waals surface area contributed by atoms with E-state index in [0.717, 1.165) is 24.1 Å². The normalized spacial score (nSPS) is 19.9. The molecule has 7 heteroatoms. The highest BCUT2D eigenvalue weighted by Gasteiger charge is 2.39. The molecule has 0 unspecified atom stereocenters. The minimum absolute atomic E-state index is 0.0668. The second-order valence-corrected chi connectivity index (χ2v) is 8.50. The van der Waals surface area contributed by atoms with E-state index in [1.165, 1.54) is 6.26 Å². The van der Waals surface area contributed by atoms with Gasteiger partial charge in [0.2, 0.25) is 15.9 Å². The lowest BCUT2D eigenvalue weighted by Gasteiger charge is -2.22. The number of hydrogen-bond donors (Lipinski definition) is 1. The fourth-order valence-electron chi connectivity index (χ4n) is 3.30. The molecule has 1 fully saturated rings. The van der Waals surface area contributed by atoms with Gasteiger partial charge >= 0.3 is 0 Å². The summed E-state index contributed by atoms with van der Waals surface area (Å²) in [7, 11) is -3.63.